The lowest BCUT2D eigenvalue weighted by molar-refractivity contribution is -0.145. The second-order valence-corrected chi connectivity index (χ2v) is 7.34. The molecule has 0 unspecified atom stereocenters. The maximum Gasteiger partial charge on any atom is 0.416 e. The molecule has 1 heterocycles. The van der Waals surface area contributed by atoms with E-state index in [-0.39, 0.29) is 6.61 Å². The summed E-state index contributed by atoms with van der Waals surface area (Å²) in [7, 11) is 0. The number of aromatic nitrogens is 1. The molecule has 9 heteroatoms. The molecule has 0 spiro atoms. The molecule has 30 heavy (non-hydrogen) atoms. The van der Waals surface area contributed by atoms with Gasteiger partial charge in [0, 0.05) is 35.9 Å². The zero-order chi connectivity index (χ0) is 21.5. The van der Waals surface area contributed by atoms with Gasteiger partial charge < -0.3 is 15.0 Å². The molecule has 1 saturated carbocycles. The molecule has 158 valence electrons. The summed E-state index contributed by atoms with van der Waals surface area (Å²) in [6, 6.07) is 9.75. The number of carbonyl (C=O) groups is 1. The van der Waals surface area contributed by atoms with Crippen molar-refractivity contribution < 1.29 is 31.5 Å². The number of halogens is 5. The van der Waals surface area contributed by atoms with Crippen LogP contribution >= 0.6 is 0 Å². The topological polar surface area (TPSA) is 54.1 Å². The maximum absolute atomic E-state index is 13.0. The lowest BCUT2D eigenvalue weighted by atomic mass is 9.81. The summed E-state index contributed by atoms with van der Waals surface area (Å²) in [6.45, 7) is 0.0624. The summed E-state index contributed by atoms with van der Waals surface area (Å²) in [5.41, 5.74) is 0.998. The highest BCUT2D eigenvalue weighted by Gasteiger charge is 2.48. The molecule has 0 radical (unpaired) electrons. The molecule has 2 aromatic carbocycles. The third-order valence-electron chi connectivity index (χ3n) is 5.06. The zero-order valence-corrected chi connectivity index (χ0v) is 15.5. The molecule has 1 amide bonds. The Morgan fingerprint density at radius 3 is 2.47 bits per heavy atom. The second-order valence-electron chi connectivity index (χ2n) is 7.34. The fourth-order valence-electron chi connectivity index (χ4n) is 3.33. The van der Waals surface area contributed by atoms with Crippen LogP contribution in [0.15, 0.2) is 48.7 Å². The lowest BCUT2D eigenvalue weighted by Crippen LogP contribution is -2.42. The van der Waals surface area contributed by atoms with Gasteiger partial charge in [-0.1, -0.05) is 12.1 Å². The molecular formula is C21H17F5N2O2. The van der Waals surface area contributed by atoms with Gasteiger partial charge in [0.05, 0.1) is 11.3 Å². The Bertz CT molecular complexity index is 1070. The molecule has 1 aliphatic rings. The Balaban J connectivity index is 1.43. The van der Waals surface area contributed by atoms with Crippen molar-refractivity contribution in [3.05, 3.63) is 59.8 Å². The van der Waals surface area contributed by atoms with Gasteiger partial charge in [-0.3, -0.25) is 4.79 Å². The predicted octanol–water partition coefficient (Wildman–Crippen LogP) is 5.75. The van der Waals surface area contributed by atoms with Gasteiger partial charge in [-0.05, 0) is 35.9 Å². The van der Waals surface area contributed by atoms with Crippen molar-refractivity contribution in [1.82, 2.24) is 4.98 Å². The highest BCUT2D eigenvalue weighted by molar-refractivity contribution is 6.03. The quantitative estimate of drug-likeness (QED) is 0.513. The van der Waals surface area contributed by atoms with Crippen LogP contribution in [-0.4, -0.2) is 16.8 Å². The first-order valence-corrected chi connectivity index (χ1v) is 9.19. The van der Waals surface area contributed by atoms with Crippen LogP contribution in [0.5, 0.6) is 5.75 Å². The fourth-order valence-corrected chi connectivity index (χ4v) is 3.33. The van der Waals surface area contributed by atoms with E-state index < -0.39 is 42.3 Å². The summed E-state index contributed by atoms with van der Waals surface area (Å²) in [4.78, 5) is 15.1. The second kappa shape index (κ2) is 7.30. The number of aromatic amines is 1. The van der Waals surface area contributed by atoms with Gasteiger partial charge in [0.25, 0.3) is 0 Å². The normalized spacial score (nSPS) is 16.3. The van der Waals surface area contributed by atoms with E-state index in [1.165, 1.54) is 12.1 Å². The van der Waals surface area contributed by atoms with E-state index in [4.69, 9.17) is 4.74 Å². The fraction of sp³-hybridized carbons (Fsp3) is 0.286. The Labute approximate surface area is 168 Å². The molecule has 0 atom stereocenters. The van der Waals surface area contributed by atoms with Crippen molar-refractivity contribution >= 4 is 22.5 Å². The highest BCUT2D eigenvalue weighted by atomic mass is 19.4. The number of fused-ring (bicyclic) bond motifs is 1. The molecule has 1 aromatic heterocycles. The summed E-state index contributed by atoms with van der Waals surface area (Å²) in [5.74, 6) is -3.50. The number of amides is 1. The number of hydrogen-bond acceptors (Lipinski definition) is 2. The van der Waals surface area contributed by atoms with E-state index >= 15 is 0 Å². The van der Waals surface area contributed by atoms with Gasteiger partial charge in [0.15, 0.2) is 0 Å². The van der Waals surface area contributed by atoms with E-state index in [2.05, 4.69) is 10.3 Å². The SMILES string of the molecule is O=C(Nc1c[nH]c2ccc(OCc3ccc(C(F)(F)F)cc3)cc12)C1CC(F)(F)C1. The summed E-state index contributed by atoms with van der Waals surface area (Å²) >= 11 is 0. The first-order valence-electron chi connectivity index (χ1n) is 9.19. The molecule has 0 saturated heterocycles. The van der Waals surface area contributed by atoms with Gasteiger partial charge >= 0.3 is 6.18 Å². The Hall–Kier alpha value is -3.10. The third kappa shape index (κ3) is 4.24. The first kappa shape index (κ1) is 20.2. The third-order valence-corrected chi connectivity index (χ3v) is 5.06. The summed E-state index contributed by atoms with van der Waals surface area (Å²) < 4.78 is 69.5. The van der Waals surface area contributed by atoms with Crippen LogP contribution in [0.2, 0.25) is 0 Å². The number of rotatable bonds is 5. The number of anilines is 1. The van der Waals surface area contributed by atoms with Crippen LogP contribution in [0.4, 0.5) is 27.6 Å². The molecule has 0 aliphatic heterocycles. The first-order chi connectivity index (χ1) is 14.1. The van der Waals surface area contributed by atoms with Gasteiger partial charge in [-0.15, -0.1) is 0 Å². The number of nitrogens with one attached hydrogen (secondary N) is 2. The van der Waals surface area contributed by atoms with Crippen molar-refractivity contribution in [2.45, 2.75) is 31.5 Å². The number of benzene rings is 2. The van der Waals surface area contributed by atoms with E-state index in [1.54, 1.807) is 24.4 Å². The minimum atomic E-state index is -4.39. The average Bonchev–Trinajstić information content (AvgIpc) is 3.06. The number of H-pyrrole nitrogens is 1. The molecule has 1 fully saturated rings. The number of ether oxygens (including phenoxy) is 1. The van der Waals surface area contributed by atoms with Crippen LogP contribution in [0.1, 0.15) is 24.0 Å². The van der Waals surface area contributed by atoms with Crippen LogP contribution in [0.25, 0.3) is 10.9 Å². The summed E-state index contributed by atoms with van der Waals surface area (Å²) in [6.07, 6.45) is -3.74. The van der Waals surface area contributed by atoms with E-state index in [0.717, 1.165) is 12.1 Å². The largest absolute Gasteiger partial charge is 0.489 e. The standard InChI is InChI=1S/C21H17F5N2O2/c22-20(23)8-13(9-20)19(29)28-18-10-27-17-6-5-15(7-16(17)18)30-11-12-1-3-14(4-2-12)21(24,25)26/h1-7,10,13,27H,8-9,11H2,(H,28,29). The van der Waals surface area contributed by atoms with Gasteiger partial charge in [-0.2, -0.15) is 13.2 Å². The Kier molecular flexibility index (Phi) is 4.91. The van der Waals surface area contributed by atoms with Crippen molar-refractivity contribution in [3.63, 3.8) is 0 Å². The molecule has 4 nitrogen and oxygen atoms in total. The molecule has 2 N–H and O–H groups in total. The predicted molar refractivity (Wildman–Crippen MR) is 100 cm³/mol. The van der Waals surface area contributed by atoms with Crippen molar-refractivity contribution in [1.29, 1.82) is 0 Å². The summed E-state index contributed by atoms with van der Waals surface area (Å²) in [5, 5.41) is 3.30. The van der Waals surface area contributed by atoms with E-state index in [1.807, 2.05) is 0 Å². The molecular weight excluding hydrogens is 407 g/mol. The van der Waals surface area contributed by atoms with Crippen LogP contribution < -0.4 is 10.1 Å². The number of hydrogen-bond donors (Lipinski definition) is 2. The van der Waals surface area contributed by atoms with Gasteiger partial charge in [-0.25, -0.2) is 8.78 Å². The monoisotopic (exact) mass is 424 g/mol. The average molecular weight is 424 g/mol. The minimum absolute atomic E-state index is 0.0624. The van der Waals surface area contributed by atoms with Crippen LogP contribution in [-0.2, 0) is 17.6 Å². The van der Waals surface area contributed by atoms with E-state index in [9.17, 15) is 26.7 Å². The van der Waals surface area contributed by atoms with Gasteiger partial charge in [0.1, 0.15) is 12.4 Å². The van der Waals surface area contributed by atoms with E-state index in [0.29, 0.717) is 27.9 Å². The van der Waals surface area contributed by atoms with Gasteiger partial charge in [0.2, 0.25) is 11.8 Å². The van der Waals surface area contributed by atoms with Crippen LogP contribution in [0, 0.1) is 5.92 Å². The number of alkyl halides is 5. The van der Waals surface area contributed by atoms with Crippen molar-refractivity contribution in [3.8, 4) is 5.75 Å². The minimum Gasteiger partial charge on any atom is -0.489 e. The smallest absolute Gasteiger partial charge is 0.416 e. The van der Waals surface area contributed by atoms with Crippen molar-refractivity contribution in [2.75, 3.05) is 5.32 Å². The molecule has 3 aromatic rings. The van der Waals surface area contributed by atoms with Crippen LogP contribution in [0.3, 0.4) is 0 Å². The molecule has 0 bridgehead atoms. The Morgan fingerprint density at radius 1 is 1.13 bits per heavy atom. The maximum atomic E-state index is 13.0. The highest BCUT2D eigenvalue weighted by Crippen LogP contribution is 2.43. The zero-order valence-electron chi connectivity index (χ0n) is 15.5. The Morgan fingerprint density at radius 2 is 1.83 bits per heavy atom. The molecule has 4 rings (SSSR count). The molecule has 1 aliphatic carbocycles. The number of carbonyl (C=O) groups excluding carboxylic acids is 1. The van der Waals surface area contributed by atoms with Crippen molar-refractivity contribution in [2.24, 2.45) is 5.92 Å². The lowest BCUT2D eigenvalue weighted by Gasteiger charge is -2.33.